The molecule has 2 N–H and O–H groups in total. The second kappa shape index (κ2) is 6.35. The standard InChI is InChI=1S/C13H20N2O3/c1-4-18-12(17)10-5-11(7-14-6-10)15-8-13(2,3)9-16/h5-7,15-16H,4,8-9H2,1-3H3. The minimum Gasteiger partial charge on any atom is -0.462 e. The van der Waals surface area contributed by atoms with Gasteiger partial charge in [-0.3, -0.25) is 4.98 Å². The molecule has 0 unspecified atom stereocenters. The highest BCUT2D eigenvalue weighted by atomic mass is 16.5. The number of hydrogen-bond acceptors (Lipinski definition) is 5. The molecule has 5 heteroatoms. The summed E-state index contributed by atoms with van der Waals surface area (Å²) in [5.41, 5.74) is 0.936. The van der Waals surface area contributed by atoms with Gasteiger partial charge in [0.2, 0.25) is 0 Å². The van der Waals surface area contributed by atoms with Crippen LogP contribution >= 0.6 is 0 Å². The number of carbonyl (C=O) groups excluding carboxylic acids is 1. The Morgan fingerprint density at radius 1 is 1.50 bits per heavy atom. The third kappa shape index (κ3) is 4.33. The monoisotopic (exact) mass is 252 g/mol. The lowest BCUT2D eigenvalue weighted by Gasteiger charge is -2.22. The molecule has 0 spiro atoms. The molecule has 1 rings (SSSR count). The van der Waals surface area contributed by atoms with E-state index >= 15 is 0 Å². The van der Waals surface area contributed by atoms with Gasteiger partial charge in [-0.05, 0) is 13.0 Å². The minimum atomic E-state index is -0.380. The Morgan fingerprint density at radius 3 is 2.83 bits per heavy atom. The van der Waals surface area contributed by atoms with Crippen molar-refractivity contribution in [1.29, 1.82) is 0 Å². The van der Waals surface area contributed by atoms with Crippen LogP contribution in [0, 0.1) is 5.41 Å². The van der Waals surface area contributed by atoms with E-state index in [1.54, 1.807) is 19.2 Å². The lowest BCUT2D eigenvalue weighted by atomic mass is 9.95. The van der Waals surface area contributed by atoms with Gasteiger partial charge in [0, 0.05) is 31.0 Å². The van der Waals surface area contributed by atoms with E-state index in [0.29, 0.717) is 18.7 Å². The number of pyridine rings is 1. The first kappa shape index (κ1) is 14.4. The number of carbonyl (C=O) groups is 1. The molecule has 0 saturated heterocycles. The van der Waals surface area contributed by atoms with Crippen LogP contribution in [0.15, 0.2) is 18.5 Å². The van der Waals surface area contributed by atoms with Gasteiger partial charge in [0.05, 0.1) is 17.9 Å². The first-order valence-corrected chi connectivity index (χ1v) is 5.95. The largest absolute Gasteiger partial charge is 0.462 e. The molecular weight excluding hydrogens is 232 g/mol. The summed E-state index contributed by atoms with van der Waals surface area (Å²) in [4.78, 5) is 15.5. The number of aliphatic hydroxyl groups is 1. The summed E-state index contributed by atoms with van der Waals surface area (Å²) in [6.07, 6.45) is 3.11. The Labute approximate surface area is 107 Å². The van der Waals surface area contributed by atoms with Gasteiger partial charge >= 0.3 is 5.97 Å². The van der Waals surface area contributed by atoms with Gasteiger partial charge in [0.25, 0.3) is 0 Å². The maximum Gasteiger partial charge on any atom is 0.339 e. The third-order valence-corrected chi connectivity index (χ3v) is 2.45. The van der Waals surface area contributed by atoms with Crippen molar-refractivity contribution in [2.75, 3.05) is 25.1 Å². The molecule has 0 aliphatic heterocycles. The highest BCUT2D eigenvalue weighted by Gasteiger charge is 2.16. The zero-order valence-electron chi connectivity index (χ0n) is 11.1. The molecule has 18 heavy (non-hydrogen) atoms. The fourth-order valence-corrected chi connectivity index (χ4v) is 1.26. The Balaban J connectivity index is 2.68. The summed E-state index contributed by atoms with van der Waals surface area (Å²) >= 11 is 0. The third-order valence-electron chi connectivity index (χ3n) is 2.45. The highest BCUT2D eigenvalue weighted by Crippen LogP contribution is 2.16. The van der Waals surface area contributed by atoms with E-state index < -0.39 is 0 Å². The van der Waals surface area contributed by atoms with Crippen LogP contribution in [0.2, 0.25) is 0 Å². The maximum absolute atomic E-state index is 11.5. The van der Waals surface area contributed by atoms with E-state index in [9.17, 15) is 4.79 Å². The molecule has 0 atom stereocenters. The van der Waals surface area contributed by atoms with Gasteiger partial charge in [0.15, 0.2) is 0 Å². The molecule has 5 nitrogen and oxygen atoms in total. The van der Waals surface area contributed by atoms with Gasteiger partial charge in [-0.25, -0.2) is 4.79 Å². The van der Waals surface area contributed by atoms with E-state index in [1.165, 1.54) is 6.20 Å². The molecule has 1 aromatic heterocycles. The molecule has 0 fully saturated rings. The molecule has 0 radical (unpaired) electrons. The fourth-order valence-electron chi connectivity index (χ4n) is 1.26. The average molecular weight is 252 g/mol. The molecule has 0 aromatic carbocycles. The molecule has 0 bridgehead atoms. The zero-order valence-corrected chi connectivity index (χ0v) is 11.1. The lowest BCUT2D eigenvalue weighted by Crippen LogP contribution is -2.26. The van der Waals surface area contributed by atoms with E-state index in [0.717, 1.165) is 5.69 Å². The van der Waals surface area contributed by atoms with Crippen molar-refractivity contribution in [3.63, 3.8) is 0 Å². The van der Waals surface area contributed by atoms with Gasteiger partial charge in [-0.15, -0.1) is 0 Å². The van der Waals surface area contributed by atoms with Crippen molar-refractivity contribution in [1.82, 2.24) is 4.98 Å². The van der Waals surface area contributed by atoms with E-state index in [4.69, 9.17) is 9.84 Å². The van der Waals surface area contributed by atoms with Crippen molar-refractivity contribution in [2.45, 2.75) is 20.8 Å². The molecule has 1 heterocycles. The van der Waals surface area contributed by atoms with E-state index in [-0.39, 0.29) is 18.0 Å². The lowest BCUT2D eigenvalue weighted by molar-refractivity contribution is 0.0526. The van der Waals surface area contributed by atoms with Crippen LogP contribution in [0.25, 0.3) is 0 Å². The van der Waals surface area contributed by atoms with Gasteiger partial charge in [-0.2, -0.15) is 0 Å². The second-order valence-electron chi connectivity index (χ2n) is 4.86. The molecule has 0 saturated carbocycles. The summed E-state index contributed by atoms with van der Waals surface area (Å²) in [5, 5.41) is 12.3. The van der Waals surface area contributed by atoms with Crippen LogP contribution in [0.4, 0.5) is 5.69 Å². The molecule has 100 valence electrons. The number of anilines is 1. The van der Waals surface area contributed by atoms with Crippen molar-refractivity contribution in [3.8, 4) is 0 Å². The smallest absolute Gasteiger partial charge is 0.339 e. The van der Waals surface area contributed by atoms with Crippen molar-refractivity contribution in [2.24, 2.45) is 5.41 Å². The zero-order chi connectivity index (χ0) is 13.6. The van der Waals surface area contributed by atoms with Crippen molar-refractivity contribution >= 4 is 11.7 Å². The van der Waals surface area contributed by atoms with Crippen LogP contribution in [0.5, 0.6) is 0 Å². The quantitative estimate of drug-likeness (QED) is 0.754. The summed E-state index contributed by atoms with van der Waals surface area (Å²) in [5.74, 6) is -0.380. The van der Waals surface area contributed by atoms with Crippen LogP contribution in [0.1, 0.15) is 31.1 Å². The number of ether oxygens (including phenoxy) is 1. The number of aliphatic hydroxyl groups excluding tert-OH is 1. The number of nitrogens with one attached hydrogen (secondary N) is 1. The number of aromatic nitrogens is 1. The van der Waals surface area contributed by atoms with Gasteiger partial charge in [0.1, 0.15) is 0 Å². The van der Waals surface area contributed by atoms with Crippen molar-refractivity contribution in [3.05, 3.63) is 24.0 Å². The van der Waals surface area contributed by atoms with E-state index in [1.807, 2.05) is 13.8 Å². The number of nitrogens with zero attached hydrogens (tertiary/aromatic N) is 1. The predicted molar refractivity (Wildman–Crippen MR) is 69.6 cm³/mol. The molecule has 0 aliphatic rings. The Morgan fingerprint density at radius 2 is 2.22 bits per heavy atom. The Kier molecular flexibility index (Phi) is 5.09. The second-order valence-corrected chi connectivity index (χ2v) is 4.86. The SMILES string of the molecule is CCOC(=O)c1cncc(NCC(C)(C)CO)c1. The normalized spacial score (nSPS) is 11.1. The molecule has 1 aromatic rings. The first-order chi connectivity index (χ1) is 8.48. The topological polar surface area (TPSA) is 71.5 Å². The Hall–Kier alpha value is -1.62. The number of rotatable bonds is 6. The summed E-state index contributed by atoms with van der Waals surface area (Å²) in [6.45, 7) is 6.68. The molecular formula is C13H20N2O3. The van der Waals surface area contributed by atoms with Crippen LogP contribution in [-0.4, -0.2) is 35.8 Å². The average Bonchev–Trinajstić information content (AvgIpc) is 2.37. The van der Waals surface area contributed by atoms with Crippen LogP contribution < -0.4 is 5.32 Å². The number of esters is 1. The van der Waals surface area contributed by atoms with Gasteiger partial charge in [-0.1, -0.05) is 13.8 Å². The summed E-state index contributed by atoms with van der Waals surface area (Å²) < 4.78 is 4.90. The maximum atomic E-state index is 11.5. The van der Waals surface area contributed by atoms with Gasteiger partial charge < -0.3 is 15.2 Å². The summed E-state index contributed by atoms with van der Waals surface area (Å²) in [6, 6.07) is 1.69. The Bertz CT molecular complexity index is 405. The summed E-state index contributed by atoms with van der Waals surface area (Å²) in [7, 11) is 0. The van der Waals surface area contributed by atoms with Crippen molar-refractivity contribution < 1.29 is 14.6 Å². The predicted octanol–water partition coefficient (Wildman–Crippen LogP) is 1.69. The first-order valence-electron chi connectivity index (χ1n) is 5.95. The number of hydrogen-bond donors (Lipinski definition) is 2. The molecule has 0 aliphatic carbocycles. The highest BCUT2D eigenvalue weighted by molar-refractivity contribution is 5.90. The molecule has 0 amide bonds. The van der Waals surface area contributed by atoms with Crippen LogP contribution in [-0.2, 0) is 4.74 Å². The van der Waals surface area contributed by atoms with Crippen LogP contribution in [0.3, 0.4) is 0 Å². The fraction of sp³-hybridized carbons (Fsp3) is 0.538. The minimum absolute atomic E-state index is 0.0883. The van der Waals surface area contributed by atoms with E-state index in [2.05, 4.69) is 10.3 Å².